The van der Waals surface area contributed by atoms with Crippen LogP contribution in [0.3, 0.4) is 0 Å². The van der Waals surface area contributed by atoms with E-state index in [9.17, 15) is 15.0 Å². The molecule has 0 radical (unpaired) electrons. The molecule has 0 spiro atoms. The second-order valence-electron chi connectivity index (χ2n) is 4.03. The number of rotatable bonds is 5. The van der Waals surface area contributed by atoms with Crippen molar-refractivity contribution in [1.82, 2.24) is 0 Å². The van der Waals surface area contributed by atoms with Gasteiger partial charge in [0, 0.05) is 0 Å². The molecule has 1 rings (SSSR count). The highest BCUT2D eigenvalue weighted by atomic mass is 16.3. The predicted molar refractivity (Wildman–Crippen MR) is 61.9 cm³/mol. The van der Waals surface area contributed by atoms with E-state index in [0.717, 1.165) is 5.56 Å². The van der Waals surface area contributed by atoms with Crippen LogP contribution in [0, 0.1) is 6.92 Å². The normalized spacial score (nSPS) is 14.4. The second-order valence-corrected chi connectivity index (χ2v) is 4.03. The Kier molecular flexibility index (Phi) is 4.62. The summed E-state index contributed by atoms with van der Waals surface area (Å²) in [6, 6.07) is 5.07. The van der Waals surface area contributed by atoms with Crippen LogP contribution in [0.25, 0.3) is 0 Å². The summed E-state index contributed by atoms with van der Waals surface area (Å²) in [5.74, 6) is -0.674. The molecule has 0 fully saturated rings. The van der Waals surface area contributed by atoms with Gasteiger partial charge in [-0.25, -0.2) is 0 Å². The maximum absolute atomic E-state index is 10.7. The van der Waals surface area contributed by atoms with Crippen LogP contribution in [0.1, 0.15) is 29.2 Å². The van der Waals surface area contributed by atoms with Crippen molar-refractivity contribution >= 4 is 5.91 Å². The minimum Gasteiger partial charge on any atom is -0.392 e. The SMILES string of the molecule is Cc1ccc(CO)cc1C(O)C(O)CC(N)=O. The van der Waals surface area contributed by atoms with Gasteiger partial charge in [-0.15, -0.1) is 0 Å². The molecule has 5 nitrogen and oxygen atoms in total. The first-order valence-electron chi connectivity index (χ1n) is 5.30. The zero-order chi connectivity index (χ0) is 13.0. The van der Waals surface area contributed by atoms with Crippen LogP contribution >= 0.6 is 0 Å². The van der Waals surface area contributed by atoms with Gasteiger partial charge in [0.1, 0.15) is 6.10 Å². The Hall–Kier alpha value is -1.43. The number of carbonyl (C=O) groups excluding carboxylic acids is 1. The molecule has 0 aromatic heterocycles. The van der Waals surface area contributed by atoms with E-state index in [1.807, 2.05) is 0 Å². The maximum atomic E-state index is 10.7. The number of amides is 1. The Labute approximate surface area is 99.5 Å². The molecule has 5 heteroatoms. The third-order valence-electron chi connectivity index (χ3n) is 2.62. The first kappa shape index (κ1) is 13.6. The van der Waals surface area contributed by atoms with E-state index in [2.05, 4.69) is 0 Å². The Balaban J connectivity index is 2.94. The number of aryl methyl sites for hydroxylation is 1. The number of primary amides is 1. The Morgan fingerprint density at radius 1 is 1.41 bits per heavy atom. The highest BCUT2D eigenvalue weighted by molar-refractivity contribution is 5.74. The summed E-state index contributed by atoms with van der Waals surface area (Å²) in [5, 5.41) is 28.5. The number of benzene rings is 1. The van der Waals surface area contributed by atoms with E-state index in [-0.39, 0.29) is 13.0 Å². The van der Waals surface area contributed by atoms with E-state index in [1.165, 1.54) is 0 Å². The van der Waals surface area contributed by atoms with E-state index in [0.29, 0.717) is 11.1 Å². The first-order chi connectivity index (χ1) is 7.95. The van der Waals surface area contributed by atoms with Crippen molar-refractivity contribution in [3.8, 4) is 0 Å². The van der Waals surface area contributed by atoms with E-state index in [4.69, 9.17) is 10.8 Å². The largest absolute Gasteiger partial charge is 0.392 e. The van der Waals surface area contributed by atoms with E-state index in [1.54, 1.807) is 25.1 Å². The molecule has 17 heavy (non-hydrogen) atoms. The number of aliphatic hydroxyl groups is 3. The van der Waals surface area contributed by atoms with Crippen molar-refractivity contribution in [3.05, 3.63) is 34.9 Å². The van der Waals surface area contributed by atoms with E-state index >= 15 is 0 Å². The first-order valence-corrected chi connectivity index (χ1v) is 5.30. The lowest BCUT2D eigenvalue weighted by molar-refractivity contribution is -0.121. The Morgan fingerprint density at radius 2 is 2.06 bits per heavy atom. The average Bonchev–Trinajstić information content (AvgIpc) is 2.28. The zero-order valence-corrected chi connectivity index (χ0v) is 9.63. The van der Waals surface area contributed by atoms with Gasteiger partial charge in [0.2, 0.25) is 5.91 Å². The molecule has 0 heterocycles. The Bertz CT molecular complexity index is 405. The van der Waals surface area contributed by atoms with Crippen LogP contribution in [0.15, 0.2) is 18.2 Å². The highest BCUT2D eigenvalue weighted by Crippen LogP contribution is 2.23. The van der Waals surface area contributed by atoms with Gasteiger partial charge in [0.25, 0.3) is 0 Å². The summed E-state index contributed by atoms with van der Waals surface area (Å²) in [6.45, 7) is 1.63. The number of aliphatic hydroxyl groups excluding tert-OH is 3. The molecular weight excluding hydrogens is 222 g/mol. The third kappa shape index (κ3) is 3.52. The van der Waals surface area contributed by atoms with Gasteiger partial charge >= 0.3 is 0 Å². The Morgan fingerprint density at radius 3 is 2.59 bits per heavy atom. The summed E-state index contributed by atoms with van der Waals surface area (Å²) in [5.41, 5.74) is 6.86. The van der Waals surface area contributed by atoms with Gasteiger partial charge in [0.05, 0.1) is 19.1 Å². The molecule has 0 aliphatic carbocycles. The lowest BCUT2D eigenvalue weighted by atomic mass is 9.96. The van der Waals surface area contributed by atoms with Crippen LogP contribution in [-0.2, 0) is 11.4 Å². The highest BCUT2D eigenvalue weighted by Gasteiger charge is 2.21. The molecule has 0 bridgehead atoms. The number of hydrogen-bond acceptors (Lipinski definition) is 4. The molecule has 0 saturated heterocycles. The molecular formula is C12H17NO4. The lowest BCUT2D eigenvalue weighted by Gasteiger charge is -2.19. The van der Waals surface area contributed by atoms with Crippen molar-refractivity contribution in [2.24, 2.45) is 5.73 Å². The summed E-state index contributed by atoms with van der Waals surface area (Å²) in [7, 11) is 0. The fraction of sp³-hybridized carbons (Fsp3) is 0.417. The topological polar surface area (TPSA) is 104 Å². The summed E-state index contributed by atoms with van der Waals surface area (Å²) in [4.78, 5) is 10.7. The number of hydrogen-bond donors (Lipinski definition) is 4. The quantitative estimate of drug-likeness (QED) is 0.569. The average molecular weight is 239 g/mol. The summed E-state index contributed by atoms with van der Waals surface area (Å²) >= 11 is 0. The van der Waals surface area contributed by atoms with Gasteiger partial charge in [-0.2, -0.15) is 0 Å². The summed E-state index contributed by atoms with van der Waals surface area (Å²) < 4.78 is 0. The molecule has 2 unspecified atom stereocenters. The number of nitrogens with two attached hydrogens (primary N) is 1. The van der Waals surface area contributed by atoms with Crippen LogP contribution in [0.5, 0.6) is 0 Å². The van der Waals surface area contributed by atoms with Crippen molar-refractivity contribution in [2.75, 3.05) is 0 Å². The van der Waals surface area contributed by atoms with Gasteiger partial charge in [-0.1, -0.05) is 18.2 Å². The van der Waals surface area contributed by atoms with Crippen LogP contribution < -0.4 is 5.73 Å². The van der Waals surface area contributed by atoms with Gasteiger partial charge < -0.3 is 21.1 Å². The third-order valence-corrected chi connectivity index (χ3v) is 2.62. The second kappa shape index (κ2) is 5.77. The van der Waals surface area contributed by atoms with Crippen LogP contribution in [0.2, 0.25) is 0 Å². The molecule has 2 atom stereocenters. The van der Waals surface area contributed by atoms with Crippen molar-refractivity contribution in [3.63, 3.8) is 0 Å². The maximum Gasteiger partial charge on any atom is 0.220 e. The minimum absolute atomic E-state index is 0.147. The van der Waals surface area contributed by atoms with Crippen LogP contribution in [0.4, 0.5) is 0 Å². The van der Waals surface area contributed by atoms with Crippen LogP contribution in [-0.4, -0.2) is 27.3 Å². The molecule has 0 aliphatic rings. The molecule has 0 aliphatic heterocycles. The van der Waals surface area contributed by atoms with Gasteiger partial charge in [0.15, 0.2) is 0 Å². The van der Waals surface area contributed by atoms with Crippen molar-refractivity contribution < 1.29 is 20.1 Å². The standard InChI is InChI=1S/C12H17NO4/c1-7-2-3-8(6-14)4-9(7)12(17)10(15)5-11(13)16/h2-4,10,12,14-15,17H,5-6H2,1H3,(H2,13,16). The molecule has 0 saturated carbocycles. The lowest BCUT2D eigenvalue weighted by Crippen LogP contribution is -2.26. The zero-order valence-electron chi connectivity index (χ0n) is 9.63. The predicted octanol–water partition coefficient (Wildman–Crippen LogP) is -0.243. The van der Waals surface area contributed by atoms with Crippen molar-refractivity contribution in [2.45, 2.75) is 32.2 Å². The van der Waals surface area contributed by atoms with E-state index < -0.39 is 18.1 Å². The molecule has 1 aromatic rings. The summed E-state index contributed by atoms with van der Waals surface area (Å²) in [6.07, 6.45) is -2.72. The molecule has 94 valence electrons. The van der Waals surface area contributed by atoms with Gasteiger partial charge in [-0.05, 0) is 23.6 Å². The minimum atomic E-state index is -1.24. The number of carbonyl (C=O) groups is 1. The fourth-order valence-electron chi connectivity index (χ4n) is 1.63. The fourth-order valence-corrected chi connectivity index (χ4v) is 1.63. The molecule has 1 amide bonds. The van der Waals surface area contributed by atoms with Crippen molar-refractivity contribution in [1.29, 1.82) is 0 Å². The monoisotopic (exact) mass is 239 g/mol. The molecule has 5 N–H and O–H groups in total. The smallest absolute Gasteiger partial charge is 0.220 e. The van der Waals surface area contributed by atoms with Gasteiger partial charge in [-0.3, -0.25) is 4.79 Å². The molecule has 1 aromatic carbocycles.